The molecular weight excluding hydrogens is 274 g/mol. The molecule has 0 amide bonds. The van der Waals surface area contributed by atoms with E-state index in [0.29, 0.717) is 0 Å². The Morgan fingerprint density at radius 3 is 2.24 bits per heavy atom. The molecule has 2 heteroatoms. The van der Waals surface area contributed by atoms with Gasteiger partial charge in [-0.3, -0.25) is 0 Å². The second kappa shape index (κ2) is 9.73. The third kappa shape index (κ3) is 6.01. The largest absolute Gasteiger partial charge is 0.241 e. The molecule has 0 aliphatic rings. The number of aryl methyl sites for hydroxylation is 1. The minimum atomic E-state index is 1.14. The molecule has 0 spiro atoms. The molecule has 1 aromatic carbocycles. The van der Waals surface area contributed by atoms with E-state index in [-0.39, 0.29) is 0 Å². The summed E-state index contributed by atoms with van der Waals surface area (Å²) in [5.41, 5.74) is 2.51. The third-order valence-corrected chi connectivity index (χ3v) is 4.80. The van der Waals surface area contributed by atoms with Crippen LogP contribution in [0.4, 0.5) is 0 Å². The quantitative estimate of drug-likeness (QED) is 0.457. The summed E-state index contributed by atoms with van der Waals surface area (Å²) in [6, 6.07) is 10.5. The number of aromatic nitrogens is 1. The van der Waals surface area contributed by atoms with Crippen LogP contribution in [0.5, 0.6) is 0 Å². The van der Waals surface area contributed by atoms with E-state index in [1.807, 2.05) is 0 Å². The highest BCUT2D eigenvalue weighted by atomic mass is 32.1. The Hall–Kier alpha value is -1.15. The van der Waals surface area contributed by atoms with Gasteiger partial charge in [0.05, 0.1) is 5.69 Å². The number of thiazole rings is 1. The predicted octanol–water partition coefficient (Wildman–Crippen LogP) is 6.49. The molecule has 0 aliphatic heterocycles. The summed E-state index contributed by atoms with van der Waals surface area (Å²) in [5, 5.41) is 3.38. The Morgan fingerprint density at radius 2 is 1.52 bits per heavy atom. The van der Waals surface area contributed by atoms with E-state index in [9.17, 15) is 0 Å². The molecule has 2 rings (SSSR count). The van der Waals surface area contributed by atoms with Crippen molar-refractivity contribution in [3.8, 4) is 10.6 Å². The van der Waals surface area contributed by atoms with Gasteiger partial charge in [-0.15, -0.1) is 11.3 Å². The van der Waals surface area contributed by atoms with Crippen molar-refractivity contribution in [1.29, 1.82) is 0 Å². The van der Waals surface area contributed by atoms with E-state index in [2.05, 4.69) is 42.6 Å². The standard InChI is InChI=1S/C19H27NS/c1-2-3-4-5-6-7-8-12-15-18-16-21-19(20-18)17-13-10-9-11-14-17/h9-11,13-14,16H,2-8,12,15H2,1H3. The number of rotatable bonds is 10. The van der Waals surface area contributed by atoms with E-state index in [0.717, 1.165) is 11.4 Å². The smallest absolute Gasteiger partial charge is 0.123 e. The van der Waals surface area contributed by atoms with Crippen LogP contribution >= 0.6 is 11.3 Å². The maximum Gasteiger partial charge on any atom is 0.123 e. The van der Waals surface area contributed by atoms with Crippen LogP contribution in [0, 0.1) is 0 Å². The summed E-state index contributed by atoms with van der Waals surface area (Å²) in [7, 11) is 0. The Morgan fingerprint density at radius 1 is 0.857 bits per heavy atom. The van der Waals surface area contributed by atoms with Crippen molar-refractivity contribution in [3.63, 3.8) is 0 Å². The lowest BCUT2D eigenvalue weighted by molar-refractivity contribution is 0.574. The van der Waals surface area contributed by atoms with Gasteiger partial charge in [0.2, 0.25) is 0 Å². The zero-order valence-electron chi connectivity index (χ0n) is 13.2. The van der Waals surface area contributed by atoms with Crippen LogP contribution in [0.1, 0.15) is 64.0 Å². The summed E-state index contributed by atoms with van der Waals surface area (Å²) in [6.07, 6.45) is 12.2. The van der Waals surface area contributed by atoms with Gasteiger partial charge in [-0.1, -0.05) is 82.2 Å². The molecule has 1 aromatic heterocycles. The Balaban J connectivity index is 1.63. The molecular formula is C19H27NS. The summed E-state index contributed by atoms with van der Waals surface area (Å²) in [6.45, 7) is 2.28. The molecule has 0 saturated carbocycles. The van der Waals surface area contributed by atoms with Crippen LogP contribution < -0.4 is 0 Å². The fraction of sp³-hybridized carbons (Fsp3) is 0.526. The number of unbranched alkanes of at least 4 members (excludes halogenated alkanes) is 7. The molecule has 0 fully saturated rings. The highest BCUT2D eigenvalue weighted by Gasteiger charge is 2.03. The van der Waals surface area contributed by atoms with E-state index in [1.165, 1.54) is 62.6 Å². The predicted molar refractivity (Wildman–Crippen MR) is 93.9 cm³/mol. The average Bonchev–Trinajstić information content (AvgIpc) is 3.00. The van der Waals surface area contributed by atoms with Gasteiger partial charge < -0.3 is 0 Å². The van der Waals surface area contributed by atoms with E-state index in [4.69, 9.17) is 4.98 Å². The van der Waals surface area contributed by atoms with Gasteiger partial charge in [0, 0.05) is 10.9 Å². The molecule has 0 bridgehead atoms. The fourth-order valence-electron chi connectivity index (χ4n) is 2.58. The molecule has 0 N–H and O–H groups in total. The van der Waals surface area contributed by atoms with Crippen LogP contribution in [0.3, 0.4) is 0 Å². The van der Waals surface area contributed by atoms with Crippen LogP contribution in [0.25, 0.3) is 10.6 Å². The van der Waals surface area contributed by atoms with Gasteiger partial charge in [-0.2, -0.15) is 0 Å². The maximum atomic E-state index is 4.76. The number of nitrogens with zero attached hydrogens (tertiary/aromatic N) is 1. The lowest BCUT2D eigenvalue weighted by Crippen LogP contribution is -1.87. The van der Waals surface area contributed by atoms with Crippen LogP contribution in [-0.4, -0.2) is 4.98 Å². The second-order valence-corrected chi connectivity index (χ2v) is 6.59. The fourth-order valence-corrected chi connectivity index (χ4v) is 3.44. The SMILES string of the molecule is CCCCCCCCCCc1csc(-c2ccccc2)n1. The summed E-state index contributed by atoms with van der Waals surface area (Å²) in [5.74, 6) is 0. The van der Waals surface area contributed by atoms with Gasteiger partial charge in [0.15, 0.2) is 0 Å². The van der Waals surface area contributed by atoms with E-state index >= 15 is 0 Å². The maximum absolute atomic E-state index is 4.76. The molecule has 2 aromatic rings. The lowest BCUT2D eigenvalue weighted by atomic mass is 10.1. The highest BCUT2D eigenvalue weighted by Crippen LogP contribution is 2.24. The van der Waals surface area contributed by atoms with Crippen molar-refractivity contribution < 1.29 is 0 Å². The van der Waals surface area contributed by atoms with Crippen molar-refractivity contribution in [3.05, 3.63) is 41.4 Å². The van der Waals surface area contributed by atoms with Crippen LogP contribution in [-0.2, 0) is 6.42 Å². The second-order valence-electron chi connectivity index (χ2n) is 5.73. The molecule has 0 saturated heterocycles. The normalized spacial score (nSPS) is 10.9. The van der Waals surface area contributed by atoms with Crippen molar-refractivity contribution in [2.45, 2.75) is 64.7 Å². The molecule has 0 radical (unpaired) electrons. The first-order chi connectivity index (χ1) is 10.4. The van der Waals surface area contributed by atoms with Gasteiger partial charge >= 0.3 is 0 Å². The zero-order chi connectivity index (χ0) is 14.8. The number of hydrogen-bond acceptors (Lipinski definition) is 2. The van der Waals surface area contributed by atoms with Gasteiger partial charge in [-0.05, 0) is 12.8 Å². The van der Waals surface area contributed by atoms with Crippen LogP contribution in [0.15, 0.2) is 35.7 Å². The first-order valence-corrected chi connectivity index (χ1v) is 9.28. The van der Waals surface area contributed by atoms with E-state index < -0.39 is 0 Å². The Labute approximate surface area is 133 Å². The topological polar surface area (TPSA) is 12.9 Å². The van der Waals surface area contributed by atoms with Crippen molar-refractivity contribution in [2.24, 2.45) is 0 Å². The molecule has 0 atom stereocenters. The third-order valence-electron chi connectivity index (χ3n) is 3.86. The average molecular weight is 301 g/mol. The Kier molecular flexibility index (Phi) is 7.51. The molecule has 1 nitrogen and oxygen atoms in total. The lowest BCUT2D eigenvalue weighted by Gasteiger charge is -2.00. The molecule has 114 valence electrons. The first kappa shape index (κ1) is 16.2. The number of hydrogen-bond donors (Lipinski definition) is 0. The van der Waals surface area contributed by atoms with Crippen molar-refractivity contribution in [1.82, 2.24) is 4.98 Å². The summed E-state index contributed by atoms with van der Waals surface area (Å²) in [4.78, 5) is 4.76. The molecule has 0 unspecified atom stereocenters. The van der Waals surface area contributed by atoms with Crippen molar-refractivity contribution in [2.75, 3.05) is 0 Å². The zero-order valence-corrected chi connectivity index (χ0v) is 14.0. The summed E-state index contributed by atoms with van der Waals surface area (Å²) < 4.78 is 0. The molecule has 1 heterocycles. The van der Waals surface area contributed by atoms with Gasteiger partial charge in [0.1, 0.15) is 5.01 Å². The first-order valence-electron chi connectivity index (χ1n) is 8.40. The Bertz CT molecular complexity index is 489. The number of benzene rings is 1. The van der Waals surface area contributed by atoms with Crippen LogP contribution in [0.2, 0.25) is 0 Å². The molecule has 21 heavy (non-hydrogen) atoms. The summed E-state index contributed by atoms with van der Waals surface area (Å²) >= 11 is 1.77. The van der Waals surface area contributed by atoms with Crippen molar-refractivity contribution >= 4 is 11.3 Å². The highest BCUT2D eigenvalue weighted by molar-refractivity contribution is 7.13. The molecule has 0 aliphatic carbocycles. The monoisotopic (exact) mass is 301 g/mol. The minimum absolute atomic E-state index is 1.14. The van der Waals surface area contributed by atoms with Gasteiger partial charge in [0.25, 0.3) is 0 Å². The van der Waals surface area contributed by atoms with Gasteiger partial charge in [-0.25, -0.2) is 4.98 Å². The minimum Gasteiger partial charge on any atom is -0.241 e. The van der Waals surface area contributed by atoms with E-state index in [1.54, 1.807) is 11.3 Å².